The number of aromatic nitrogens is 3. The molecule has 1 aliphatic heterocycles. The Morgan fingerprint density at radius 1 is 1.04 bits per heavy atom. The molecule has 1 aliphatic rings. The Labute approximate surface area is 286 Å². The number of nitrogens with one attached hydrogen (secondary N) is 2. The van der Waals surface area contributed by atoms with Crippen LogP contribution in [-0.2, 0) is 6.42 Å². The van der Waals surface area contributed by atoms with Crippen LogP contribution in [0.2, 0.25) is 0 Å². The smallest absolute Gasteiger partial charge is 0.397 e. The number of ether oxygens (including phenoxy) is 1. The molecule has 8 nitrogen and oxygen atoms in total. The van der Waals surface area contributed by atoms with Gasteiger partial charge in [-0.2, -0.15) is 18.4 Å². The number of allylic oxidation sites excluding steroid dienone is 3. The Balaban J connectivity index is 1.66. The van der Waals surface area contributed by atoms with E-state index in [0.29, 0.717) is 13.2 Å². The molecule has 0 atom stereocenters. The molecule has 0 saturated carbocycles. The zero-order valence-corrected chi connectivity index (χ0v) is 29.2. The molecule has 258 valence electrons. The molecule has 0 amide bonds. The minimum absolute atomic E-state index is 0.110. The molecular formula is C36H46F3N7OS. The molecule has 0 spiro atoms. The summed E-state index contributed by atoms with van der Waals surface area (Å²) in [5, 5.41) is 18.6. The number of rotatable bonds is 7. The molecule has 0 unspecified atom stereocenters. The first kappa shape index (κ1) is 36.9. The van der Waals surface area contributed by atoms with Crippen LogP contribution >= 0.6 is 11.9 Å². The number of nitrogens with zero attached hydrogens (tertiary/aromatic N) is 5. The van der Waals surface area contributed by atoms with Crippen molar-refractivity contribution in [1.82, 2.24) is 24.8 Å². The van der Waals surface area contributed by atoms with Gasteiger partial charge in [-0.15, -0.1) is 5.10 Å². The molecule has 0 fully saturated rings. The summed E-state index contributed by atoms with van der Waals surface area (Å²) in [7, 11) is 0. The lowest BCUT2D eigenvalue weighted by atomic mass is 9.94. The van der Waals surface area contributed by atoms with E-state index in [9.17, 15) is 18.4 Å². The lowest BCUT2D eigenvalue weighted by Gasteiger charge is -2.29. The largest absolute Gasteiger partial charge is 0.476 e. The van der Waals surface area contributed by atoms with Crippen LogP contribution in [0.4, 0.5) is 19.0 Å². The first-order chi connectivity index (χ1) is 22.8. The van der Waals surface area contributed by atoms with E-state index in [4.69, 9.17) is 9.72 Å². The van der Waals surface area contributed by atoms with Crippen molar-refractivity contribution in [3.63, 3.8) is 0 Å². The second-order valence-corrected chi connectivity index (χ2v) is 14.1. The molecule has 12 heteroatoms. The van der Waals surface area contributed by atoms with Gasteiger partial charge < -0.3 is 15.0 Å². The van der Waals surface area contributed by atoms with Gasteiger partial charge in [-0.05, 0) is 89.6 Å². The number of fused-ring (bicyclic) bond motifs is 3. The van der Waals surface area contributed by atoms with Gasteiger partial charge in [0, 0.05) is 30.9 Å². The fourth-order valence-corrected chi connectivity index (χ4v) is 5.80. The maximum atomic E-state index is 13.4. The average Bonchev–Trinajstić information content (AvgIpc) is 3.52. The summed E-state index contributed by atoms with van der Waals surface area (Å²) in [6.45, 7) is 9.28. The van der Waals surface area contributed by atoms with Crippen molar-refractivity contribution in [3.05, 3.63) is 78.0 Å². The van der Waals surface area contributed by atoms with E-state index < -0.39 is 23.6 Å². The van der Waals surface area contributed by atoms with Gasteiger partial charge in [-0.1, -0.05) is 49.2 Å². The van der Waals surface area contributed by atoms with E-state index in [1.807, 2.05) is 63.3 Å². The molecule has 3 heterocycles. The minimum atomic E-state index is -4.40. The van der Waals surface area contributed by atoms with Gasteiger partial charge >= 0.3 is 6.18 Å². The summed E-state index contributed by atoms with van der Waals surface area (Å²) in [5.41, 5.74) is 1.20. The van der Waals surface area contributed by atoms with E-state index >= 15 is 0 Å². The van der Waals surface area contributed by atoms with E-state index in [2.05, 4.69) is 38.2 Å². The Morgan fingerprint density at radius 3 is 2.56 bits per heavy atom. The van der Waals surface area contributed by atoms with Gasteiger partial charge in [0.25, 0.3) is 0 Å². The zero-order chi connectivity index (χ0) is 34.8. The Hall–Kier alpha value is -3.95. The molecule has 0 saturated heterocycles. The predicted molar refractivity (Wildman–Crippen MR) is 187 cm³/mol. The third-order valence-corrected chi connectivity index (χ3v) is 8.81. The van der Waals surface area contributed by atoms with Crippen molar-refractivity contribution in [2.24, 2.45) is 10.8 Å². The highest BCUT2D eigenvalue weighted by Gasteiger charge is 2.48. The van der Waals surface area contributed by atoms with Gasteiger partial charge in [-0.25, -0.2) is 14.4 Å². The van der Waals surface area contributed by atoms with Crippen LogP contribution in [0.25, 0.3) is 11.4 Å². The van der Waals surface area contributed by atoms with Gasteiger partial charge in [0.05, 0.1) is 35.0 Å². The SMILES string of the molecule is C/C=C\C(=C1/NCNSc2cccc(n2)N(CC(C)(C)C#N)CCCCCCc2ccccc21)n1ccc(OCC(C)(C)C(F)(F)F)n1. The van der Waals surface area contributed by atoms with E-state index in [0.717, 1.165) is 80.3 Å². The number of anilines is 1. The topological polar surface area (TPSA) is 91.0 Å². The Kier molecular flexibility index (Phi) is 12.6. The molecule has 0 aliphatic carbocycles. The minimum Gasteiger partial charge on any atom is -0.476 e. The number of hydrogen-bond donors (Lipinski definition) is 2. The van der Waals surface area contributed by atoms with E-state index in [1.165, 1.54) is 17.5 Å². The summed E-state index contributed by atoms with van der Waals surface area (Å²) < 4.78 is 50.9. The maximum Gasteiger partial charge on any atom is 0.397 e. The van der Waals surface area contributed by atoms with Gasteiger partial charge in [-0.3, -0.25) is 0 Å². The van der Waals surface area contributed by atoms with Crippen molar-refractivity contribution in [1.29, 1.82) is 5.26 Å². The standard InChI is InChI=1S/C36H46F3N7OS/c1-6-14-29(46-22-20-31(44-46)47-25-35(4,5)36(37,38)39)33-28-17-11-10-16-27(28)15-9-7-8-12-21-45(24-34(2,3)23-40)30-18-13-19-32(43-30)48-42-26-41-33/h6,10-11,13-14,16-20,22,41-42H,7-9,12,15,21,24-26H2,1-5H3/b14-6-,33-29+. The number of hydrogen-bond acceptors (Lipinski definition) is 8. The number of alkyl halides is 3. The number of pyridine rings is 1. The number of nitriles is 1. The van der Waals surface area contributed by atoms with Gasteiger partial charge in [0.1, 0.15) is 17.5 Å². The fourth-order valence-electron chi connectivity index (χ4n) is 5.22. The summed E-state index contributed by atoms with van der Waals surface area (Å²) in [5.74, 6) is 0.959. The average molecular weight is 682 g/mol. The first-order valence-corrected chi connectivity index (χ1v) is 17.1. The Morgan fingerprint density at radius 2 is 1.81 bits per heavy atom. The van der Waals surface area contributed by atoms with Crippen LogP contribution in [0.1, 0.15) is 71.4 Å². The van der Waals surface area contributed by atoms with Crippen molar-refractivity contribution in [3.8, 4) is 11.9 Å². The van der Waals surface area contributed by atoms with Crippen molar-refractivity contribution >= 4 is 29.2 Å². The Bertz CT molecular complexity index is 1610. The normalized spacial score (nSPS) is 16.9. The monoisotopic (exact) mass is 681 g/mol. The second kappa shape index (κ2) is 16.4. The molecule has 2 N–H and O–H groups in total. The van der Waals surface area contributed by atoms with Crippen LogP contribution in [-0.4, -0.2) is 47.3 Å². The number of halogens is 3. The van der Waals surface area contributed by atoms with E-state index in [1.54, 1.807) is 16.9 Å². The van der Waals surface area contributed by atoms with Crippen LogP contribution in [0.5, 0.6) is 5.88 Å². The molecule has 2 aromatic heterocycles. The lowest BCUT2D eigenvalue weighted by Crippen LogP contribution is -2.37. The third kappa shape index (κ3) is 10.0. The van der Waals surface area contributed by atoms with Crippen molar-refractivity contribution in [2.45, 2.75) is 77.9 Å². The molecule has 2 bridgehead atoms. The molecule has 3 aromatic rings. The molecule has 0 radical (unpaired) electrons. The van der Waals surface area contributed by atoms with E-state index in [-0.39, 0.29) is 5.88 Å². The van der Waals surface area contributed by atoms with Gasteiger partial charge in [0.15, 0.2) is 0 Å². The van der Waals surface area contributed by atoms with Crippen molar-refractivity contribution in [2.75, 3.05) is 31.3 Å². The summed E-state index contributed by atoms with van der Waals surface area (Å²) in [6.07, 6.45) is 6.09. The molecule has 1 aromatic carbocycles. The van der Waals surface area contributed by atoms with Gasteiger partial charge in [0.2, 0.25) is 5.88 Å². The number of aryl methyl sites for hydroxylation is 1. The zero-order valence-electron chi connectivity index (χ0n) is 28.4. The van der Waals surface area contributed by atoms with Crippen molar-refractivity contribution < 1.29 is 17.9 Å². The highest BCUT2D eigenvalue weighted by Crippen LogP contribution is 2.38. The summed E-state index contributed by atoms with van der Waals surface area (Å²) in [4.78, 5) is 7.13. The van der Waals surface area contributed by atoms with Crippen LogP contribution < -0.4 is 19.7 Å². The fraction of sp³-hybridized carbons (Fsp3) is 0.472. The second-order valence-electron chi connectivity index (χ2n) is 13.2. The van der Waals surface area contributed by atoms with Crippen LogP contribution in [0.3, 0.4) is 0 Å². The highest BCUT2D eigenvalue weighted by molar-refractivity contribution is 7.97. The molecule has 48 heavy (non-hydrogen) atoms. The predicted octanol–water partition coefficient (Wildman–Crippen LogP) is 8.46. The van der Waals surface area contributed by atoms with Crippen LogP contribution in [0.15, 0.2) is 71.9 Å². The quantitative estimate of drug-likeness (QED) is 0.240. The summed E-state index contributed by atoms with van der Waals surface area (Å²) >= 11 is 1.40. The highest BCUT2D eigenvalue weighted by atomic mass is 32.2. The lowest BCUT2D eigenvalue weighted by molar-refractivity contribution is -0.219. The molecule has 4 rings (SSSR count). The first-order valence-electron chi connectivity index (χ1n) is 16.3. The summed E-state index contributed by atoms with van der Waals surface area (Å²) in [6, 6.07) is 18.2. The number of benzene rings is 1. The van der Waals surface area contributed by atoms with Crippen LogP contribution in [0, 0.1) is 22.2 Å². The third-order valence-electron chi connectivity index (χ3n) is 8.09. The molecular weight excluding hydrogens is 636 g/mol. The maximum absolute atomic E-state index is 13.4.